The first-order valence-corrected chi connectivity index (χ1v) is 7.32. The number of hydrogen-bond acceptors (Lipinski definition) is 2. The zero-order chi connectivity index (χ0) is 13.7. The standard InChI is InChI=1S/C16H24N2O/c1-3-13-7-4-5-9-15(13)16(19)18-12(2)14-8-6-10-17-11-14/h4-5,7,9,12,14,17H,3,6,8,10-11H2,1-2H3,(H,18,19). The maximum atomic E-state index is 12.3. The zero-order valence-corrected chi connectivity index (χ0v) is 11.9. The first-order valence-electron chi connectivity index (χ1n) is 7.32. The van der Waals surface area contributed by atoms with Crippen molar-refractivity contribution in [1.82, 2.24) is 10.6 Å². The van der Waals surface area contributed by atoms with Gasteiger partial charge in [-0.15, -0.1) is 0 Å². The molecule has 1 heterocycles. The van der Waals surface area contributed by atoms with Gasteiger partial charge in [0.15, 0.2) is 0 Å². The Hall–Kier alpha value is -1.35. The molecule has 0 aromatic heterocycles. The molecular formula is C16H24N2O. The molecule has 2 atom stereocenters. The molecule has 1 aromatic rings. The minimum Gasteiger partial charge on any atom is -0.349 e. The topological polar surface area (TPSA) is 41.1 Å². The average Bonchev–Trinajstić information content (AvgIpc) is 2.48. The first-order chi connectivity index (χ1) is 9.22. The highest BCUT2D eigenvalue weighted by atomic mass is 16.1. The Morgan fingerprint density at radius 1 is 1.47 bits per heavy atom. The maximum Gasteiger partial charge on any atom is 0.251 e. The van der Waals surface area contributed by atoms with Gasteiger partial charge in [0.1, 0.15) is 0 Å². The number of benzene rings is 1. The number of carbonyl (C=O) groups excluding carboxylic acids is 1. The molecule has 2 rings (SSSR count). The van der Waals surface area contributed by atoms with E-state index in [9.17, 15) is 4.79 Å². The van der Waals surface area contributed by atoms with Crippen LogP contribution in [0.1, 0.15) is 42.6 Å². The third kappa shape index (κ3) is 3.57. The molecule has 0 aliphatic carbocycles. The Kier molecular flexibility index (Phi) is 4.97. The molecule has 1 aliphatic heterocycles. The number of nitrogens with one attached hydrogen (secondary N) is 2. The summed E-state index contributed by atoms with van der Waals surface area (Å²) in [6.45, 7) is 6.32. The fraction of sp³-hybridized carbons (Fsp3) is 0.562. The predicted octanol–water partition coefficient (Wildman–Crippen LogP) is 2.37. The van der Waals surface area contributed by atoms with Crippen LogP contribution in [-0.2, 0) is 6.42 Å². The van der Waals surface area contributed by atoms with Gasteiger partial charge in [0.25, 0.3) is 5.91 Å². The van der Waals surface area contributed by atoms with Gasteiger partial charge < -0.3 is 10.6 Å². The summed E-state index contributed by atoms with van der Waals surface area (Å²) in [6.07, 6.45) is 3.29. The van der Waals surface area contributed by atoms with Gasteiger partial charge in [-0.3, -0.25) is 4.79 Å². The molecule has 1 saturated heterocycles. The van der Waals surface area contributed by atoms with Crippen LogP contribution in [0.4, 0.5) is 0 Å². The fourth-order valence-electron chi connectivity index (χ4n) is 2.76. The molecule has 1 fully saturated rings. The highest BCUT2D eigenvalue weighted by Crippen LogP contribution is 2.15. The van der Waals surface area contributed by atoms with Crippen molar-refractivity contribution in [3.63, 3.8) is 0 Å². The normalized spacial score (nSPS) is 20.8. The highest BCUT2D eigenvalue weighted by molar-refractivity contribution is 5.95. The second-order valence-electron chi connectivity index (χ2n) is 5.38. The van der Waals surface area contributed by atoms with E-state index >= 15 is 0 Å². The number of amides is 1. The Morgan fingerprint density at radius 2 is 2.26 bits per heavy atom. The van der Waals surface area contributed by atoms with Crippen molar-refractivity contribution in [1.29, 1.82) is 0 Å². The van der Waals surface area contributed by atoms with Gasteiger partial charge in [-0.2, -0.15) is 0 Å². The van der Waals surface area contributed by atoms with Crippen LogP contribution in [0.25, 0.3) is 0 Å². The van der Waals surface area contributed by atoms with E-state index in [4.69, 9.17) is 0 Å². The predicted molar refractivity (Wildman–Crippen MR) is 78.3 cm³/mol. The van der Waals surface area contributed by atoms with Crippen LogP contribution in [0.15, 0.2) is 24.3 Å². The van der Waals surface area contributed by atoms with Crippen molar-refractivity contribution >= 4 is 5.91 Å². The van der Waals surface area contributed by atoms with Gasteiger partial charge in [-0.25, -0.2) is 0 Å². The van der Waals surface area contributed by atoms with Crippen molar-refractivity contribution in [2.24, 2.45) is 5.92 Å². The molecule has 0 radical (unpaired) electrons. The van der Waals surface area contributed by atoms with Crippen molar-refractivity contribution in [3.05, 3.63) is 35.4 Å². The second-order valence-corrected chi connectivity index (χ2v) is 5.38. The Labute approximate surface area is 115 Å². The number of aryl methyl sites for hydroxylation is 1. The Morgan fingerprint density at radius 3 is 2.95 bits per heavy atom. The van der Waals surface area contributed by atoms with Crippen LogP contribution in [0, 0.1) is 5.92 Å². The Bertz CT molecular complexity index is 425. The van der Waals surface area contributed by atoms with Gasteiger partial charge in [0.05, 0.1) is 0 Å². The summed E-state index contributed by atoms with van der Waals surface area (Å²) in [5, 5.41) is 6.56. The van der Waals surface area contributed by atoms with Gasteiger partial charge in [-0.05, 0) is 56.8 Å². The van der Waals surface area contributed by atoms with Gasteiger partial charge >= 0.3 is 0 Å². The van der Waals surface area contributed by atoms with E-state index in [1.54, 1.807) is 0 Å². The summed E-state index contributed by atoms with van der Waals surface area (Å²) in [6, 6.07) is 8.09. The second kappa shape index (κ2) is 6.71. The van der Waals surface area contributed by atoms with Crippen LogP contribution in [0.3, 0.4) is 0 Å². The molecule has 0 spiro atoms. The van der Waals surface area contributed by atoms with Crippen molar-refractivity contribution in [2.45, 2.75) is 39.2 Å². The quantitative estimate of drug-likeness (QED) is 0.872. The minimum atomic E-state index is 0.0653. The van der Waals surface area contributed by atoms with Crippen LogP contribution in [0.2, 0.25) is 0 Å². The largest absolute Gasteiger partial charge is 0.349 e. The molecule has 3 nitrogen and oxygen atoms in total. The van der Waals surface area contributed by atoms with Crippen LogP contribution >= 0.6 is 0 Å². The molecule has 0 saturated carbocycles. The summed E-state index contributed by atoms with van der Waals surface area (Å²) >= 11 is 0. The molecule has 1 aliphatic rings. The third-order valence-electron chi connectivity index (χ3n) is 4.04. The molecular weight excluding hydrogens is 236 g/mol. The van der Waals surface area contributed by atoms with Gasteiger partial charge in [-0.1, -0.05) is 25.1 Å². The van der Waals surface area contributed by atoms with Crippen molar-refractivity contribution in [2.75, 3.05) is 13.1 Å². The lowest BCUT2D eigenvalue weighted by Crippen LogP contribution is -2.44. The molecule has 2 unspecified atom stereocenters. The summed E-state index contributed by atoms with van der Waals surface area (Å²) in [5.74, 6) is 0.613. The highest BCUT2D eigenvalue weighted by Gasteiger charge is 2.22. The van der Waals surface area contributed by atoms with E-state index in [-0.39, 0.29) is 11.9 Å². The van der Waals surface area contributed by atoms with Crippen LogP contribution in [0.5, 0.6) is 0 Å². The number of hydrogen-bond donors (Lipinski definition) is 2. The van der Waals surface area contributed by atoms with Gasteiger partial charge in [0.2, 0.25) is 0 Å². The summed E-state index contributed by atoms with van der Waals surface area (Å²) in [7, 11) is 0. The van der Waals surface area contributed by atoms with Crippen LogP contribution < -0.4 is 10.6 Å². The SMILES string of the molecule is CCc1ccccc1C(=O)NC(C)C1CCCNC1. The number of rotatable bonds is 4. The molecule has 3 heteroatoms. The van der Waals surface area contributed by atoms with E-state index in [0.29, 0.717) is 5.92 Å². The summed E-state index contributed by atoms with van der Waals surface area (Å²) < 4.78 is 0. The summed E-state index contributed by atoms with van der Waals surface area (Å²) in [5.41, 5.74) is 1.94. The lowest BCUT2D eigenvalue weighted by Gasteiger charge is -2.29. The van der Waals surface area contributed by atoms with Gasteiger partial charge in [0, 0.05) is 11.6 Å². The maximum absolute atomic E-state index is 12.3. The van der Waals surface area contributed by atoms with Crippen LogP contribution in [-0.4, -0.2) is 25.0 Å². The molecule has 1 amide bonds. The molecule has 2 N–H and O–H groups in total. The average molecular weight is 260 g/mol. The number of carbonyl (C=O) groups is 1. The molecule has 104 valence electrons. The lowest BCUT2D eigenvalue weighted by atomic mass is 9.92. The van der Waals surface area contributed by atoms with E-state index in [1.165, 1.54) is 12.8 Å². The minimum absolute atomic E-state index is 0.0653. The van der Waals surface area contributed by atoms with E-state index in [1.807, 2.05) is 24.3 Å². The summed E-state index contributed by atoms with van der Waals surface area (Å²) in [4.78, 5) is 12.3. The molecule has 19 heavy (non-hydrogen) atoms. The van der Waals surface area contributed by atoms with E-state index < -0.39 is 0 Å². The Balaban J connectivity index is 1.99. The molecule has 0 bridgehead atoms. The van der Waals surface area contributed by atoms with E-state index in [2.05, 4.69) is 24.5 Å². The lowest BCUT2D eigenvalue weighted by molar-refractivity contribution is 0.0921. The van der Waals surface area contributed by atoms with Crippen molar-refractivity contribution in [3.8, 4) is 0 Å². The van der Waals surface area contributed by atoms with Crippen molar-refractivity contribution < 1.29 is 4.79 Å². The fourth-order valence-corrected chi connectivity index (χ4v) is 2.76. The van der Waals surface area contributed by atoms with E-state index in [0.717, 1.165) is 30.6 Å². The third-order valence-corrected chi connectivity index (χ3v) is 4.04. The number of piperidine rings is 1. The monoisotopic (exact) mass is 260 g/mol. The molecule has 1 aromatic carbocycles. The first kappa shape index (κ1) is 14.1. The smallest absolute Gasteiger partial charge is 0.251 e. The zero-order valence-electron chi connectivity index (χ0n) is 11.9.